The SMILES string of the molecule is CCN(C(=O)c1cccc(OC)c1)c1nc2c(C)cccc2s1. The molecule has 0 unspecified atom stereocenters. The first-order valence-electron chi connectivity index (χ1n) is 7.46. The first-order chi connectivity index (χ1) is 11.1. The van der Waals surface area contributed by atoms with Gasteiger partial charge in [0, 0.05) is 12.1 Å². The summed E-state index contributed by atoms with van der Waals surface area (Å²) in [6.45, 7) is 4.55. The standard InChI is InChI=1S/C18H18N2O2S/c1-4-20(17(21)13-8-6-9-14(11-13)22-3)18-19-16-12(2)7-5-10-15(16)23-18/h5-11H,4H2,1-3H3. The second-order valence-electron chi connectivity index (χ2n) is 5.20. The Kier molecular flexibility index (Phi) is 4.30. The smallest absolute Gasteiger partial charge is 0.260 e. The molecular formula is C18H18N2O2S. The molecule has 0 radical (unpaired) electrons. The van der Waals surface area contributed by atoms with Crippen LogP contribution in [0.2, 0.25) is 0 Å². The first kappa shape index (κ1) is 15.5. The third-order valence-electron chi connectivity index (χ3n) is 3.72. The predicted molar refractivity (Wildman–Crippen MR) is 94.7 cm³/mol. The quantitative estimate of drug-likeness (QED) is 0.718. The van der Waals surface area contributed by atoms with Crippen molar-refractivity contribution in [1.82, 2.24) is 4.98 Å². The summed E-state index contributed by atoms with van der Waals surface area (Å²) in [5, 5.41) is 0.726. The number of nitrogens with zero attached hydrogens (tertiary/aromatic N) is 2. The number of fused-ring (bicyclic) bond motifs is 1. The van der Waals surface area contributed by atoms with E-state index in [9.17, 15) is 4.79 Å². The van der Waals surface area contributed by atoms with Crippen LogP contribution in [0.15, 0.2) is 42.5 Å². The van der Waals surface area contributed by atoms with Crippen LogP contribution >= 0.6 is 11.3 Å². The lowest BCUT2D eigenvalue weighted by molar-refractivity contribution is 0.0988. The molecule has 0 saturated heterocycles. The summed E-state index contributed by atoms with van der Waals surface area (Å²) in [4.78, 5) is 19.2. The summed E-state index contributed by atoms with van der Waals surface area (Å²) in [5.74, 6) is 0.607. The Hall–Kier alpha value is -2.40. The molecule has 0 aliphatic rings. The molecule has 0 spiro atoms. The number of aryl methyl sites for hydroxylation is 1. The third kappa shape index (κ3) is 2.92. The molecule has 0 N–H and O–H groups in total. The zero-order valence-electron chi connectivity index (χ0n) is 13.4. The number of rotatable bonds is 4. The van der Waals surface area contributed by atoms with Gasteiger partial charge in [0.1, 0.15) is 5.75 Å². The third-order valence-corrected chi connectivity index (χ3v) is 4.76. The summed E-state index contributed by atoms with van der Waals surface area (Å²) < 4.78 is 6.30. The van der Waals surface area contributed by atoms with Gasteiger partial charge in [0.2, 0.25) is 0 Å². The van der Waals surface area contributed by atoms with E-state index in [0.29, 0.717) is 17.9 Å². The summed E-state index contributed by atoms with van der Waals surface area (Å²) >= 11 is 1.54. The number of hydrogen-bond donors (Lipinski definition) is 0. The van der Waals surface area contributed by atoms with E-state index in [-0.39, 0.29) is 5.91 Å². The van der Waals surface area contributed by atoms with Crippen molar-refractivity contribution < 1.29 is 9.53 Å². The number of carbonyl (C=O) groups excluding carboxylic acids is 1. The van der Waals surface area contributed by atoms with Crippen LogP contribution in [0.3, 0.4) is 0 Å². The minimum absolute atomic E-state index is 0.0666. The average Bonchev–Trinajstić information content (AvgIpc) is 3.00. The van der Waals surface area contributed by atoms with Gasteiger partial charge in [-0.1, -0.05) is 29.5 Å². The molecule has 118 valence electrons. The molecule has 1 amide bonds. The molecule has 0 aliphatic heterocycles. The molecule has 0 bridgehead atoms. The van der Waals surface area contributed by atoms with Crippen LogP contribution in [0.1, 0.15) is 22.8 Å². The molecule has 0 aliphatic carbocycles. The largest absolute Gasteiger partial charge is 0.497 e. The summed E-state index contributed by atoms with van der Waals surface area (Å²) in [7, 11) is 1.59. The highest BCUT2D eigenvalue weighted by Crippen LogP contribution is 2.31. The van der Waals surface area contributed by atoms with Gasteiger partial charge in [-0.05, 0) is 43.7 Å². The van der Waals surface area contributed by atoms with Gasteiger partial charge in [-0.15, -0.1) is 0 Å². The number of anilines is 1. The van der Waals surface area contributed by atoms with Gasteiger partial charge in [0.25, 0.3) is 5.91 Å². The second-order valence-corrected chi connectivity index (χ2v) is 6.21. The van der Waals surface area contributed by atoms with Crippen LogP contribution in [0, 0.1) is 6.92 Å². The number of amides is 1. The van der Waals surface area contributed by atoms with Crippen LogP contribution < -0.4 is 9.64 Å². The van der Waals surface area contributed by atoms with Gasteiger partial charge < -0.3 is 4.74 Å². The van der Waals surface area contributed by atoms with Crippen molar-refractivity contribution in [2.24, 2.45) is 0 Å². The number of thiazole rings is 1. The maximum Gasteiger partial charge on any atom is 0.260 e. The lowest BCUT2D eigenvalue weighted by atomic mass is 10.2. The van der Waals surface area contributed by atoms with Gasteiger partial charge in [-0.25, -0.2) is 4.98 Å². The lowest BCUT2D eigenvalue weighted by Crippen LogP contribution is -2.30. The highest BCUT2D eigenvalue weighted by atomic mass is 32.1. The predicted octanol–water partition coefficient (Wildman–Crippen LogP) is 4.28. The molecule has 3 rings (SSSR count). The van der Waals surface area contributed by atoms with Crippen molar-refractivity contribution in [3.63, 3.8) is 0 Å². The zero-order chi connectivity index (χ0) is 16.4. The lowest BCUT2D eigenvalue weighted by Gasteiger charge is -2.17. The number of para-hydroxylation sites is 1. The average molecular weight is 326 g/mol. The molecule has 2 aromatic carbocycles. The Balaban J connectivity index is 2.00. The zero-order valence-corrected chi connectivity index (χ0v) is 14.2. The number of methoxy groups -OCH3 is 1. The van der Waals surface area contributed by atoms with E-state index in [1.54, 1.807) is 24.1 Å². The van der Waals surface area contributed by atoms with Crippen molar-refractivity contribution in [1.29, 1.82) is 0 Å². The number of hydrogen-bond acceptors (Lipinski definition) is 4. The maximum absolute atomic E-state index is 12.8. The summed E-state index contributed by atoms with van der Waals surface area (Å²) in [6, 6.07) is 13.3. The normalized spacial score (nSPS) is 10.7. The number of aromatic nitrogens is 1. The van der Waals surface area contributed by atoms with Crippen molar-refractivity contribution in [3.05, 3.63) is 53.6 Å². The maximum atomic E-state index is 12.8. The molecule has 3 aromatic rings. The van der Waals surface area contributed by atoms with Crippen LogP contribution in [0.5, 0.6) is 5.75 Å². The Morgan fingerprint density at radius 3 is 2.74 bits per heavy atom. The van der Waals surface area contributed by atoms with Crippen molar-refractivity contribution in [3.8, 4) is 5.75 Å². The number of ether oxygens (including phenoxy) is 1. The fourth-order valence-electron chi connectivity index (χ4n) is 2.47. The Morgan fingerprint density at radius 1 is 1.26 bits per heavy atom. The van der Waals surface area contributed by atoms with Crippen LogP contribution in [-0.2, 0) is 0 Å². The molecule has 0 saturated carbocycles. The van der Waals surface area contributed by atoms with E-state index in [0.717, 1.165) is 20.9 Å². The van der Waals surface area contributed by atoms with Crippen molar-refractivity contribution >= 4 is 32.6 Å². The van der Waals surface area contributed by atoms with Gasteiger partial charge in [-0.2, -0.15) is 0 Å². The topological polar surface area (TPSA) is 42.4 Å². The summed E-state index contributed by atoms with van der Waals surface area (Å²) in [6.07, 6.45) is 0. The van der Waals surface area contributed by atoms with Gasteiger partial charge >= 0.3 is 0 Å². The molecule has 1 aromatic heterocycles. The molecule has 5 heteroatoms. The van der Waals surface area contributed by atoms with Gasteiger partial charge in [0.15, 0.2) is 5.13 Å². The molecule has 23 heavy (non-hydrogen) atoms. The molecule has 4 nitrogen and oxygen atoms in total. The molecule has 0 fully saturated rings. The van der Waals surface area contributed by atoms with Crippen LogP contribution in [-0.4, -0.2) is 24.5 Å². The fraction of sp³-hybridized carbons (Fsp3) is 0.222. The fourth-order valence-corrected chi connectivity index (χ4v) is 3.57. The van der Waals surface area contributed by atoms with Crippen LogP contribution in [0.4, 0.5) is 5.13 Å². The van der Waals surface area contributed by atoms with Gasteiger partial charge in [0.05, 0.1) is 17.3 Å². The Bertz CT molecular complexity index is 857. The second kappa shape index (κ2) is 6.38. The van der Waals surface area contributed by atoms with E-state index in [1.807, 2.05) is 44.2 Å². The van der Waals surface area contributed by atoms with E-state index in [1.165, 1.54) is 11.3 Å². The van der Waals surface area contributed by atoms with E-state index in [4.69, 9.17) is 4.74 Å². The Labute approximate surface area is 139 Å². The summed E-state index contributed by atoms with van der Waals surface area (Å²) in [5.41, 5.74) is 2.68. The molecule has 1 heterocycles. The number of carbonyl (C=O) groups is 1. The highest BCUT2D eigenvalue weighted by Gasteiger charge is 2.20. The first-order valence-corrected chi connectivity index (χ1v) is 8.27. The number of benzene rings is 2. The van der Waals surface area contributed by atoms with Crippen molar-refractivity contribution in [2.45, 2.75) is 13.8 Å². The van der Waals surface area contributed by atoms with E-state index >= 15 is 0 Å². The minimum Gasteiger partial charge on any atom is -0.497 e. The molecular weight excluding hydrogens is 308 g/mol. The Morgan fingerprint density at radius 2 is 2.04 bits per heavy atom. The van der Waals surface area contributed by atoms with E-state index in [2.05, 4.69) is 4.98 Å². The molecule has 0 atom stereocenters. The van der Waals surface area contributed by atoms with Crippen molar-refractivity contribution in [2.75, 3.05) is 18.6 Å². The monoisotopic (exact) mass is 326 g/mol. The van der Waals surface area contributed by atoms with Gasteiger partial charge in [-0.3, -0.25) is 9.69 Å². The highest BCUT2D eigenvalue weighted by molar-refractivity contribution is 7.22. The van der Waals surface area contributed by atoms with Crippen LogP contribution in [0.25, 0.3) is 10.2 Å². The van der Waals surface area contributed by atoms with E-state index < -0.39 is 0 Å². The minimum atomic E-state index is -0.0666.